The van der Waals surface area contributed by atoms with E-state index in [2.05, 4.69) is 58.9 Å². The number of nitrogens with zero attached hydrogens (tertiary/aromatic N) is 1. The molecule has 3 aromatic carbocycles. The Bertz CT molecular complexity index is 1240. The van der Waals surface area contributed by atoms with E-state index in [4.69, 9.17) is 16.0 Å². The summed E-state index contributed by atoms with van der Waals surface area (Å²) in [5.41, 5.74) is 4.66. The van der Waals surface area contributed by atoms with Crippen molar-refractivity contribution in [2.75, 3.05) is 5.32 Å². The number of oxazole rings is 1. The van der Waals surface area contributed by atoms with Gasteiger partial charge in [0.05, 0.1) is 16.3 Å². The van der Waals surface area contributed by atoms with E-state index in [1.165, 1.54) is 5.56 Å². The highest BCUT2D eigenvalue weighted by Crippen LogP contribution is 2.32. The van der Waals surface area contributed by atoms with Gasteiger partial charge in [0.2, 0.25) is 5.89 Å². The largest absolute Gasteiger partial charge is 0.436 e. The summed E-state index contributed by atoms with van der Waals surface area (Å²) in [4.78, 5) is 17.4. The molecule has 1 aromatic heterocycles. The number of nitrogens with one attached hydrogen (secondary N) is 1. The highest BCUT2D eigenvalue weighted by Gasteiger charge is 2.15. The predicted molar refractivity (Wildman–Crippen MR) is 130 cm³/mol. The van der Waals surface area contributed by atoms with Crippen molar-refractivity contribution < 1.29 is 9.21 Å². The molecule has 0 aliphatic rings. The van der Waals surface area contributed by atoms with Crippen molar-refractivity contribution in [2.45, 2.75) is 26.2 Å². The second-order valence-corrected chi connectivity index (χ2v) is 8.75. The number of fused-ring (bicyclic) bond motifs is 1. The maximum Gasteiger partial charge on any atom is 0.256 e. The van der Waals surface area contributed by atoms with Crippen molar-refractivity contribution in [3.8, 4) is 11.5 Å². The summed E-state index contributed by atoms with van der Waals surface area (Å²) < 4.78 is 6.83. The smallest absolute Gasteiger partial charge is 0.256 e. The molecule has 1 amide bonds. The standard InChI is InChI=1S/C24H20ClIN2O2/c1-3-14(2)15-9-11-22-21(12-15)28-24(30-22)16-8-10-18(25)20(13-16)27-23(29)17-6-4-5-7-19(17)26/h4-14H,3H2,1-2H3,(H,27,29)/t14-/m1/s1. The molecule has 1 heterocycles. The molecule has 1 N–H and O–H groups in total. The van der Waals surface area contributed by atoms with Gasteiger partial charge < -0.3 is 9.73 Å². The van der Waals surface area contributed by atoms with Gasteiger partial charge in [0.25, 0.3) is 5.91 Å². The Morgan fingerprint density at radius 3 is 2.73 bits per heavy atom. The van der Waals surface area contributed by atoms with E-state index in [1.807, 2.05) is 30.3 Å². The molecule has 0 aliphatic carbocycles. The lowest BCUT2D eigenvalue weighted by atomic mass is 9.98. The summed E-state index contributed by atoms with van der Waals surface area (Å²) in [6, 6.07) is 18.9. The van der Waals surface area contributed by atoms with E-state index >= 15 is 0 Å². The Hall–Kier alpha value is -2.38. The molecule has 0 unspecified atom stereocenters. The summed E-state index contributed by atoms with van der Waals surface area (Å²) in [5.74, 6) is 0.746. The van der Waals surface area contributed by atoms with Gasteiger partial charge in [-0.3, -0.25) is 4.79 Å². The second-order valence-electron chi connectivity index (χ2n) is 7.18. The van der Waals surface area contributed by atoms with Gasteiger partial charge >= 0.3 is 0 Å². The number of carbonyl (C=O) groups excluding carboxylic acids is 1. The van der Waals surface area contributed by atoms with E-state index in [9.17, 15) is 4.79 Å². The highest BCUT2D eigenvalue weighted by atomic mass is 127. The van der Waals surface area contributed by atoms with E-state index in [0.717, 1.165) is 26.7 Å². The summed E-state index contributed by atoms with van der Waals surface area (Å²) in [6.45, 7) is 4.37. The molecule has 30 heavy (non-hydrogen) atoms. The van der Waals surface area contributed by atoms with Crippen LogP contribution in [0.25, 0.3) is 22.6 Å². The first-order valence-corrected chi connectivity index (χ1v) is 11.2. The number of benzene rings is 3. The van der Waals surface area contributed by atoms with Crippen molar-refractivity contribution in [2.24, 2.45) is 0 Å². The van der Waals surface area contributed by atoms with Gasteiger partial charge in [0.15, 0.2) is 5.58 Å². The summed E-state index contributed by atoms with van der Waals surface area (Å²) in [6.07, 6.45) is 1.07. The molecule has 152 valence electrons. The number of rotatable bonds is 5. The third-order valence-corrected chi connectivity index (χ3v) is 6.44. The molecule has 0 fully saturated rings. The molecule has 4 nitrogen and oxygen atoms in total. The Labute approximate surface area is 193 Å². The van der Waals surface area contributed by atoms with Crippen LogP contribution in [-0.2, 0) is 0 Å². The van der Waals surface area contributed by atoms with Crippen LogP contribution in [0.3, 0.4) is 0 Å². The van der Waals surface area contributed by atoms with E-state index in [0.29, 0.717) is 28.1 Å². The first kappa shape index (κ1) is 20.9. The molecular weight excluding hydrogens is 511 g/mol. The van der Waals surface area contributed by atoms with Crippen LogP contribution in [0.4, 0.5) is 5.69 Å². The van der Waals surface area contributed by atoms with Crippen LogP contribution in [-0.4, -0.2) is 10.9 Å². The zero-order valence-corrected chi connectivity index (χ0v) is 19.5. The normalized spacial score (nSPS) is 12.1. The molecule has 0 radical (unpaired) electrons. The molecule has 4 aromatic rings. The second kappa shape index (κ2) is 8.78. The van der Waals surface area contributed by atoms with Gasteiger partial charge in [-0.25, -0.2) is 4.98 Å². The topological polar surface area (TPSA) is 55.1 Å². The molecule has 0 saturated carbocycles. The number of amides is 1. The molecule has 4 rings (SSSR count). The fourth-order valence-electron chi connectivity index (χ4n) is 3.20. The Morgan fingerprint density at radius 1 is 1.17 bits per heavy atom. The van der Waals surface area contributed by atoms with Crippen LogP contribution in [0.1, 0.15) is 42.1 Å². The van der Waals surface area contributed by atoms with Crippen LogP contribution in [0.5, 0.6) is 0 Å². The SMILES string of the molecule is CC[C@@H](C)c1ccc2oc(-c3ccc(Cl)c(NC(=O)c4ccccc4I)c3)nc2c1. The van der Waals surface area contributed by atoms with Crippen LogP contribution < -0.4 is 5.32 Å². The molecule has 1 atom stereocenters. The predicted octanol–water partition coefficient (Wildman–Crippen LogP) is 7.52. The molecule has 0 bridgehead atoms. The van der Waals surface area contributed by atoms with Crippen molar-refractivity contribution >= 4 is 56.9 Å². The minimum Gasteiger partial charge on any atom is -0.436 e. The third kappa shape index (κ3) is 4.23. The van der Waals surface area contributed by atoms with Gasteiger partial charge in [-0.05, 0) is 83.0 Å². The number of hydrogen-bond donors (Lipinski definition) is 1. The van der Waals surface area contributed by atoms with E-state index < -0.39 is 0 Å². The number of halogens is 2. The summed E-state index contributed by atoms with van der Waals surface area (Å²) in [7, 11) is 0. The Balaban J connectivity index is 1.66. The molecule has 0 spiro atoms. The molecular formula is C24H20ClIN2O2. The lowest BCUT2D eigenvalue weighted by Gasteiger charge is -2.09. The first-order valence-electron chi connectivity index (χ1n) is 9.72. The zero-order chi connectivity index (χ0) is 21.3. The number of carbonyl (C=O) groups is 1. The van der Waals surface area contributed by atoms with Gasteiger partial charge in [-0.15, -0.1) is 0 Å². The van der Waals surface area contributed by atoms with Crippen LogP contribution in [0, 0.1) is 3.57 Å². The lowest BCUT2D eigenvalue weighted by molar-refractivity contribution is 0.102. The van der Waals surface area contributed by atoms with E-state index in [1.54, 1.807) is 18.2 Å². The lowest BCUT2D eigenvalue weighted by Crippen LogP contribution is -2.13. The van der Waals surface area contributed by atoms with Gasteiger partial charge in [0.1, 0.15) is 5.52 Å². The van der Waals surface area contributed by atoms with Crippen LogP contribution >= 0.6 is 34.2 Å². The highest BCUT2D eigenvalue weighted by molar-refractivity contribution is 14.1. The maximum atomic E-state index is 12.7. The van der Waals surface area contributed by atoms with Crippen LogP contribution in [0.15, 0.2) is 65.1 Å². The quantitative estimate of drug-likeness (QED) is 0.272. The van der Waals surface area contributed by atoms with Crippen molar-refractivity contribution in [3.05, 3.63) is 80.4 Å². The van der Waals surface area contributed by atoms with Crippen molar-refractivity contribution in [3.63, 3.8) is 0 Å². The minimum absolute atomic E-state index is 0.213. The summed E-state index contributed by atoms with van der Waals surface area (Å²) in [5, 5.41) is 3.35. The van der Waals surface area contributed by atoms with Crippen molar-refractivity contribution in [1.82, 2.24) is 4.98 Å². The molecule has 0 saturated heterocycles. The molecule has 0 aliphatic heterocycles. The maximum absolute atomic E-state index is 12.7. The average molecular weight is 531 g/mol. The van der Waals surface area contributed by atoms with Crippen molar-refractivity contribution in [1.29, 1.82) is 0 Å². The molecule has 6 heteroatoms. The number of anilines is 1. The van der Waals surface area contributed by atoms with Gasteiger partial charge in [-0.2, -0.15) is 0 Å². The van der Waals surface area contributed by atoms with Crippen LogP contribution in [0.2, 0.25) is 5.02 Å². The number of hydrogen-bond acceptors (Lipinski definition) is 3. The monoisotopic (exact) mass is 530 g/mol. The van der Waals surface area contributed by atoms with E-state index in [-0.39, 0.29) is 5.91 Å². The Kier molecular flexibility index (Phi) is 6.11. The van der Waals surface area contributed by atoms with Gasteiger partial charge in [-0.1, -0.05) is 43.6 Å². The Morgan fingerprint density at radius 2 is 1.97 bits per heavy atom. The first-order chi connectivity index (χ1) is 14.5. The fraction of sp³-hybridized carbons (Fsp3) is 0.167. The number of aromatic nitrogens is 1. The minimum atomic E-state index is -0.213. The third-order valence-electron chi connectivity index (χ3n) is 5.17. The summed E-state index contributed by atoms with van der Waals surface area (Å²) >= 11 is 8.48. The van der Waals surface area contributed by atoms with Gasteiger partial charge in [0, 0.05) is 9.13 Å². The average Bonchev–Trinajstić information content (AvgIpc) is 3.18. The zero-order valence-electron chi connectivity index (χ0n) is 16.6. The fourth-order valence-corrected chi connectivity index (χ4v) is 4.00.